The smallest absolute Gasteiger partial charge is 0.220 e. The predicted octanol–water partition coefficient (Wildman–Crippen LogP) is 13.2. The lowest BCUT2D eigenvalue weighted by Crippen LogP contribution is -2.60. The summed E-state index contributed by atoms with van der Waals surface area (Å²) >= 11 is 0. The fourth-order valence-corrected chi connectivity index (χ4v) is 8.76. The third-order valence-corrected chi connectivity index (χ3v) is 13.2. The molecule has 0 spiro atoms. The first-order valence-electron chi connectivity index (χ1n) is 27.7. The maximum atomic E-state index is 13.0. The second-order valence-corrected chi connectivity index (χ2v) is 19.4. The van der Waals surface area contributed by atoms with Crippen LogP contribution in [0.2, 0.25) is 0 Å². The van der Waals surface area contributed by atoms with Crippen molar-refractivity contribution >= 4 is 5.91 Å². The summed E-state index contributed by atoms with van der Waals surface area (Å²) in [5.74, 6) is -0.196. The molecule has 0 aromatic rings. The van der Waals surface area contributed by atoms with E-state index in [2.05, 4.69) is 43.5 Å². The molecular formula is C56H105NO8. The molecule has 9 heteroatoms. The fourth-order valence-electron chi connectivity index (χ4n) is 8.76. The minimum absolute atomic E-state index is 0.196. The summed E-state index contributed by atoms with van der Waals surface area (Å²) in [7, 11) is 0. The van der Waals surface area contributed by atoms with E-state index in [-0.39, 0.29) is 12.5 Å². The number of ether oxygens (including phenoxy) is 2. The normalized spacial score (nSPS) is 20.1. The van der Waals surface area contributed by atoms with Gasteiger partial charge in [-0.2, -0.15) is 0 Å². The Balaban J connectivity index is 2.19. The quantitative estimate of drug-likeness (QED) is 0.0261. The molecule has 1 heterocycles. The van der Waals surface area contributed by atoms with Gasteiger partial charge < -0.3 is 40.3 Å². The number of unbranched alkanes of at least 4 members (excludes halogenated alkanes) is 33. The van der Waals surface area contributed by atoms with E-state index in [9.17, 15) is 30.3 Å². The van der Waals surface area contributed by atoms with E-state index in [4.69, 9.17) is 9.47 Å². The van der Waals surface area contributed by atoms with E-state index < -0.39 is 49.5 Å². The summed E-state index contributed by atoms with van der Waals surface area (Å²) < 4.78 is 11.2. The molecule has 0 aliphatic carbocycles. The fraction of sp³-hybridized carbons (Fsp3) is 0.875. The van der Waals surface area contributed by atoms with Crippen molar-refractivity contribution in [3.63, 3.8) is 0 Å². The van der Waals surface area contributed by atoms with Crippen LogP contribution in [-0.4, -0.2) is 87.5 Å². The molecule has 65 heavy (non-hydrogen) atoms. The van der Waals surface area contributed by atoms with Crippen LogP contribution in [0.3, 0.4) is 0 Å². The summed E-state index contributed by atoms with van der Waals surface area (Å²) in [6, 6.07) is -0.825. The average Bonchev–Trinajstić information content (AvgIpc) is 3.31. The molecule has 1 aliphatic heterocycles. The predicted molar refractivity (Wildman–Crippen MR) is 272 cm³/mol. The first-order valence-corrected chi connectivity index (χ1v) is 27.7. The van der Waals surface area contributed by atoms with Crippen molar-refractivity contribution in [3.05, 3.63) is 36.5 Å². The van der Waals surface area contributed by atoms with Gasteiger partial charge in [0.15, 0.2) is 6.29 Å². The summed E-state index contributed by atoms with van der Waals surface area (Å²) in [5, 5.41) is 54.3. The highest BCUT2D eigenvalue weighted by Gasteiger charge is 2.44. The molecular weight excluding hydrogens is 815 g/mol. The topological polar surface area (TPSA) is 149 Å². The number of aliphatic hydroxyl groups excluding tert-OH is 5. The summed E-state index contributed by atoms with van der Waals surface area (Å²) in [4.78, 5) is 13.0. The number of hydrogen-bond donors (Lipinski definition) is 6. The van der Waals surface area contributed by atoms with Crippen LogP contribution in [0.1, 0.15) is 258 Å². The number of carbonyl (C=O) groups is 1. The zero-order valence-corrected chi connectivity index (χ0v) is 42.3. The van der Waals surface area contributed by atoms with Crippen LogP contribution >= 0.6 is 0 Å². The molecule has 382 valence electrons. The number of nitrogens with one attached hydrogen (secondary N) is 1. The number of aliphatic hydroxyl groups is 5. The van der Waals surface area contributed by atoms with E-state index in [0.29, 0.717) is 6.42 Å². The van der Waals surface area contributed by atoms with E-state index >= 15 is 0 Å². The van der Waals surface area contributed by atoms with Gasteiger partial charge in [0.25, 0.3) is 0 Å². The van der Waals surface area contributed by atoms with Crippen LogP contribution in [0, 0.1) is 0 Å². The van der Waals surface area contributed by atoms with E-state index in [0.717, 1.165) is 57.8 Å². The molecule has 7 unspecified atom stereocenters. The third kappa shape index (κ3) is 36.1. The first-order chi connectivity index (χ1) is 31.8. The van der Waals surface area contributed by atoms with Crippen LogP contribution in [-0.2, 0) is 14.3 Å². The highest BCUT2D eigenvalue weighted by atomic mass is 16.7. The van der Waals surface area contributed by atoms with Crippen LogP contribution in [0.5, 0.6) is 0 Å². The molecule has 0 bridgehead atoms. The number of rotatable bonds is 47. The zero-order valence-electron chi connectivity index (χ0n) is 42.3. The molecule has 1 saturated heterocycles. The lowest BCUT2D eigenvalue weighted by molar-refractivity contribution is -0.302. The van der Waals surface area contributed by atoms with E-state index in [1.165, 1.54) is 180 Å². The van der Waals surface area contributed by atoms with Crippen LogP contribution in [0.15, 0.2) is 36.5 Å². The Bertz CT molecular complexity index is 1110. The van der Waals surface area contributed by atoms with Crippen molar-refractivity contribution in [3.8, 4) is 0 Å². The Morgan fingerprint density at radius 2 is 0.877 bits per heavy atom. The molecule has 1 aliphatic rings. The Labute approximate surface area is 400 Å². The van der Waals surface area contributed by atoms with Gasteiger partial charge in [-0.25, -0.2) is 0 Å². The van der Waals surface area contributed by atoms with Crippen molar-refractivity contribution in [2.45, 2.75) is 301 Å². The largest absolute Gasteiger partial charge is 0.394 e. The standard InChI is InChI=1S/C56H105NO8/c1-3-5-7-9-11-13-15-17-18-19-20-21-22-23-24-25-26-27-28-29-30-31-32-33-34-35-37-39-41-43-45-50(59)49(48-64-56-55(63)54(62)53(61)51(47-58)65-56)57-52(60)46-44-42-40-38-36-16-14-12-10-8-6-4-2/h12,14,35,37,43,45,49-51,53-56,58-59,61-63H,3-11,13,15-34,36,38-42,44,46-48H2,1-2H3,(H,57,60)/b14-12-,37-35+,45-43+. The molecule has 1 rings (SSSR count). The van der Waals surface area contributed by atoms with E-state index in [1.54, 1.807) is 6.08 Å². The Morgan fingerprint density at radius 1 is 0.508 bits per heavy atom. The number of amides is 1. The second-order valence-electron chi connectivity index (χ2n) is 19.4. The number of carbonyl (C=O) groups excluding carboxylic acids is 1. The van der Waals surface area contributed by atoms with Crippen molar-refractivity contribution in [1.82, 2.24) is 5.32 Å². The summed E-state index contributed by atoms with van der Waals surface area (Å²) in [6.45, 7) is 3.74. The molecule has 9 nitrogen and oxygen atoms in total. The molecule has 0 radical (unpaired) electrons. The number of allylic oxidation sites excluding steroid dienone is 5. The zero-order chi connectivity index (χ0) is 47.3. The molecule has 0 aromatic heterocycles. The van der Waals surface area contributed by atoms with Gasteiger partial charge in [0.2, 0.25) is 5.91 Å². The molecule has 7 atom stereocenters. The van der Waals surface area contributed by atoms with Crippen molar-refractivity contribution in [1.29, 1.82) is 0 Å². The van der Waals surface area contributed by atoms with Gasteiger partial charge in [0.05, 0.1) is 25.4 Å². The Kier molecular flexibility index (Phi) is 43.6. The first kappa shape index (κ1) is 61.4. The highest BCUT2D eigenvalue weighted by Crippen LogP contribution is 2.23. The minimum atomic E-state index is -1.57. The number of hydrogen-bond acceptors (Lipinski definition) is 8. The molecule has 1 amide bonds. The van der Waals surface area contributed by atoms with Gasteiger partial charge >= 0.3 is 0 Å². The van der Waals surface area contributed by atoms with Crippen LogP contribution < -0.4 is 5.32 Å². The summed E-state index contributed by atoms with van der Waals surface area (Å²) in [6.07, 6.45) is 52.3. The molecule has 1 fully saturated rings. The van der Waals surface area contributed by atoms with Crippen molar-refractivity contribution < 1.29 is 39.8 Å². The van der Waals surface area contributed by atoms with Crippen LogP contribution in [0.4, 0.5) is 0 Å². The van der Waals surface area contributed by atoms with Crippen LogP contribution in [0.25, 0.3) is 0 Å². The maximum Gasteiger partial charge on any atom is 0.220 e. The highest BCUT2D eigenvalue weighted by molar-refractivity contribution is 5.76. The molecule has 0 aromatic carbocycles. The monoisotopic (exact) mass is 920 g/mol. The Hall–Kier alpha value is -1.59. The Morgan fingerprint density at radius 3 is 1.32 bits per heavy atom. The van der Waals surface area contributed by atoms with Gasteiger partial charge in [-0.05, 0) is 57.8 Å². The van der Waals surface area contributed by atoms with Crippen molar-refractivity contribution in [2.24, 2.45) is 0 Å². The second kappa shape index (κ2) is 46.2. The maximum absolute atomic E-state index is 13.0. The minimum Gasteiger partial charge on any atom is -0.394 e. The molecule has 0 saturated carbocycles. The SMILES string of the molecule is CCCCC/C=C\CCCCCCCC(=O)NC(COC1OC(CO)C(O)C(O)C1O)C(O)/C=C/CC/C=C/CCCCCCCCCCCCCCCCCCCCCCCCCC. The van der Waals surface area contributed by atoms with Gasteiger partial charge in [-0.1, -0.05) is 230 Å². The third-order valence-electron chi connectivity index (χ3n) is 13.2. The van der Waals surface area contributed by atoms with Gasteiger partial charge in [-0.15, -0.1) is 0 Å². The lowest BCUT2D eigenvalue weighted by Gasteiger charge is -2.40. The summed E-state index contributed by atoms with van der Waals surface area (Å²) in [5.41, 5.74) is 0. The van der Waals surface area contributed by atoms with Gasteiger partial charge in [0, 0.05) is 6.42 Å². The molecule has 6 N–H and O–H groups in total. The van der Waals surface area contributed by atoms with Gasteiger partial charge in [-0.3, -0.25) is 4.79 Å². The van der Waals surface area contributed by atoms with E-state index in [1.807, 2.05) is 6.08 Å². The van der Waals surface area contributed by atoms with Gasteiger partial charge in [0.1, 0.15) is 24.4 Å². The lowest BCUT2D eigenvalue weighted by atomic mass is 9.99. The van der Waals surface area contributed by atoms with Crippen molar-refractivity contribution in [2.75, 3.05) is 13.2 Å². The average molecular weight is 920 g/mol.